The van der Waals surface area contributed by atoms with Gasteiger partial charge in [-0.15, -0.1) is 0 Å². The van der Waals surface area contributed by atoms with Gasteiger partial charge < -0.3 is 4.74 Å². The van der Waals surface area contributed by atoms with Gasteiger partial charge in [-0.1, -0.05) is 96.6 Å². The molecule has 27 heavy (non-hydrogen) atoms. The van der Waals surface area contributed by atoms with Gasteiger partial charge in [-0.2, -0.15) is 0 Å². The highest BCUT2D eigenvalue weighted by molar-refractivity contribution is 5.65. The van der Waals surface area contributed by atoms with Crippen LogP contribution in [-0.2, 0) is 5.41 Å². The normalized spacial score (nSPS) is 13.5. The number of hydrogen-bond donors (Lipinski definition) is 0. The van der Waals surface area contributed by atoms with E-state index in [0.29, 0.717) is 0 Å². The molecule has 1 aliphatic carbocycles. The summed E-state index contributed by atoms with van der Waals surface area (Å²) in [6, 6.07) is 28.0. The Labute approximate surface area is 161 Å². The zero-order valence-corrected chi connectivity index (χ0v) is 15.9. The van der Waals surface area contributed by atoms with Crippen molar-refractivity contribution in [3.8, 4) is 5.75 Å². The average Bonchev–Trinajstić information content (AvgIpc) is 3.26. The van der Waals surface area contributed by atoms with Gasteiger partial charge in [-0.05, 0) is 36.1 Å². The highest BCUT2D eigenvalue weighted by Crippen LogP contribution is 2.50. The molecule has 3 aromatic carbocycles. The van der Waals surface area contributed by atoms with Crippen molar-refractivity contribution in [3.63, 3.8) is 0 Å². The molecule has 1 nitrogen and oxygen atoms in total. The number of ether oxygens (including phenoxy) is 1. The Morgan fingerprint density at radius 2 is 1.44 bits per heavy atom. The van der Waals surface area contributed by atoms with Gasteiger partial charge in [0.2, 0.25) is 0 Å². The van der Waals surface area contributed by atoms with Crippen LogP contribution in [0.25, 0.3) is 0 Å². The molecule has 0 saturated heterocycles. The van der Waals surface area contributed by atoms with Crippen LogP contribution in [0.2, 0.25) is 0 Å². The molecule has 0 atom stereocenters. The molecule has 3 aromatic rings. The zero-order chi connectivity index (χ0) is 18.7. The fraction of sp³-hybridized carbons (Fsp3) is 0.154. The highest BCUT2D eigenvalue weighted by Gasteiger charge is 2.41. The van der Waals surface area contributed by atoms with E-state index in [1.807, 2.05) is 0 Å². The van der Waals surface area contributed by atoms with Crippen LogP contribution in [0.4, 0.5) is 0 Å². The maximum absolute atomic E-state index is 5.86. The lowest BCUT2D eigenvalue weighted by Crippen LogP contribution is -2.31. The van der Waals surface area contributed by atoms with E-state index >= 15 is 0 Å². The lowest BCUT2D eigenvalue weighted by Gasteiger charge is -2.38. The Balaban J connectivity index is 2.15. The lowest BCUT2D eigenvalue weighted by atomic mass is 9.64. The van der Waals surface area contributed by atoms with Crippen molar-refractivity contribution in [3.05, 3.63) is 125 Å². The van der Waals surface area contributed by atoms with E-state index in [1.54, 1.807) is 7.11 Å². The summed E-state index contributed by atoms with van der Waals surface area (Å²) in [5.41, 5.74) is 5.79. The highest BCUT2D eigenvalue weighted by atomic mass is 16.5. The minimum Gasteiger partial charge on any atom is -0.496 e. The first-order valence-electron chi connectivity index (χ1n) is 9.40. The monoisotopic (exact) mass is 352 g/mol. The molecule has 0 aromatic heterocycles. The third-order valence-electron chi connectivity index (χ3n) is 5.38. The van der Waals surface area contributed by atoms with E-state index in [0.717, 1.165) is 12.2 Å². The van der Waals surface area contributed by atoms with Gasteiger partial charge in [0.1, 0.15) is 5.75 Å². The molecule has 1 heteroatoms. The summed E-state index contributed by atoms with van der Waals surface area (Å²) in [6.45, 7) is 2.14. The van der Waals surface area contributed by atoms with Crippen molar-refractivity contribution in [1.29, 1.82) is 0 Å². The van der Waals surface area contributed by atoms with Crippen LogP contribution in [0, 0.1) is 6.92 Å². The van der Waals surface area contributed by atoms with Crippen LogP contribution < -0.4 is 4.74 Å². The second kappa shape index (κ2) is 7.28. The van der Waals surface area contributed by atoms with Gasteiger partial charge >= 0.3 is 0 Å². The van der Waals surface area contributed by atoms with Crippen molar-refractivity contribution in [2.75, 3.05) is 7.11 Å². The molecule has 0 N–H and O–H groups in total. The summed E-state index contributed by atoms with van der Waals surface area (Å²) < 4.78 is 5.86. The van der Waals surface area contributed by atoms with Gasteiger partial charge in [0.15, 0.2) is 0 Å². The molecule has 0 fully saturated rings. The molecule has 4 rings (SSSR count). The van der Waals surface area contributed by atoms with Crippen molar-refractivity contribution in [2.45, 2.75) is 18.8 Å². The predicted octanol–water partition coefficient (Wildman–Crippen LogP) is 6.22. The van der Waals surface area contributed by atoms with Crippen molar-refractivity contribution in [1.82, 2.24) is 0 Å². The molecule has 0 unspecified atom stereocenters. The number of allylic oxidation sites excluding steroid dienone is 4. The number of hydrogen-bond acceptors (Lipinski definition) is 1. The third-order valence-corrected chi connectivity index (χ3v) is 5.38. The number of rotatable bonds is 5. The van der Waals surface area contributed by atoms with Crippen LogP contribution in [0.3, 0.4) is 0 Å². The first-order valence-corrected chi connectivity index (χ1v) is 9.40. The zero-order valence-electron chi connectivity index (χ0n) is 15.9. The Morgan fingerprint density at radius 1 is 0.815 bits per heavy atom. The summed E-state index contributed by atoms with van der Waals surface area (Å²) in [4.78, 5) is 0. The molecule has 0 heterocycles. The molecule has 0 saturated carbocycles. The van der Waals surface area contributed by atoms with Gasteiger partial charge in [-0.3, -0.25) is 0 Å². The van der Waals surface area contributed by atoms with E-state index in [2.05, 4.69) is 104 Å². The molecular formula is C26H24O. The lowest BCUT2D eigenvalue weighted by molar-refractivity contribution is 0.405. The van der Waals surface area contributed by atoms with Gasteiger partial charge in [0.25, 0.3) is 0 Å². The molecule has 0 radical (unpaired) electrons. The van der Waals surface area contributed by atoms with E-state index in [1.165, 1.54) is 27.8 Å². The fourth-order valence-electron chi connectivity index (χ4n) is 4.19. The van der Waals surface area contributed by atoms with Crippen molar-refractivity contribution in [2.24, 2.45) is 0 Å². The Hall–Kier alpha value is -3.06. The quantitative estimate of drug-likeness (QED) is 0.495. The number of benzene rings is 3. The predicted molar refractivity (Wildman–Crippen MR) is 112 cm³/mol. The van der Waals surface area contributed by atoms with Crippen LogP contribution in [-0.4, -0.2) is 7.11 Å². The maximum Gasteiger partial charge on any atom is 0.123 e. The standard InChI is InChI=1S/C26H24O/c1-20-17-18-25(27-2)24(19-20)26(23-15-9-10-16-23,21-11-5-3-6-12-21)22-13-7-4-8-14-22/h3-9,11-19H,10H2,1-2H3. The van der Waals surface area contributed by atoms with Crippen LogP contribution in [0.1, 0.15) is 28.7 Å². The van der Waals surface area contributed by atoms with E-state index < -0.39 is 5.41 Å². The molecule has 0 bridgehead atoms. The van der Waals surface area contributed by atoms with E-state index in [4.69, 9.17) is 4.74 Å². The van der Waals surface area contributed by atoms with Crippen LogP contribution >= 0.6 is 0 Å². The molecular weight excluding hydrogens is 328 g/mol. The first kappa shape index (κ1) is 17.4. The maximum atomic E-state index is 5.86. The number of aryl methyl sites for hydroxylation is 1. The Morgan fingerprint density at radius 3 is 1.96 bits per heavy atom. The second-order valence-electron chi connectivity index (χ2n) is 6.98. The van der Waals surface area contributed by atoms with E-state index in [9.17, 15) is 0 Å². The minimum absolute atomic E-state index is 0.410. The molecule has 134 valence electrons. The smallest absolute Gasteiger partial charge is 0.123 e. The SMILES string of the molecule is COc1ccc(C)cc1C(C1=CCC=C1)(c1ccccc1)c1ccccc1. The largest absolute Gasteiger partial charge is 0.496 e. The Kier molecular flexibility index (Phi) is 4.68. The minimum atomic E-state index is -0.410. The summed E-state index contributed by atoms with van der Waals surface area (Å²) in [7, 11) is 1.76. The summed E-state index contributed by atoms with van der Waals surface area (Å²) >= 11 is 0. The summed E-state index contributed by atoms with van der Waals surface area (Å²) in [5.74, 6) is 0.912. The average molecular weight is 352 g/mol. The second-order valence-corrected chi connectivity index (χ2v) is 6.98. The molecule has 0 amide bonds. The van der Waals surface area contributed by atoms with Crippen LogP contribution in [0.5, 0.6) is 5.75 Å². The van der Waals surface area contributed by atoms with Gasteiger partial charge in [-0.25, -0.2) is 0 Å². The third kappa shape index (κ3) is 2.90. The first-order chi connectivity index (χ1) is 13.3. The summed E-state index contributed by atoms with van der Waals surface area (Å²) in [6.07, 6.45) is 7.80. The van der Waals surface area contributed by atoms with Crippen molar-refractivity contribution < 1.29 is 4.74 Å². The summed E-state index contributed by atoms with van der Waals surface area (Å²) in [5, 5.41) is 0. The fourth-order valence-corrected chi connectivity index (χ4v) is 4.19. The molecule has 1 aliphatic rings. The van der Waals surface area contributed by atoms with Crippen molar-refractivity contribution >= 4 is 0 Å². The number of methoxy groups -OCH3 is 1. The Bertz CT molecular complexity index is 942. The topological polar surface area (TPSA) is 9.23 Å². The van der Waals surface area contributed by atoms with Crippen LogP contribution in [0.15, 0.2) is 103 Å². The van der Waals surface area contributed by atoms with E-state index in [-0.39, 0.29) is 0 Å². The van der Waals surface area contributed by atoms with Gasteiger partial charge in [0.05, 0.1) is 12.5 Å². The molecule has 0 aliphatic heterocycles. The van der Waals surface area contributed by atoms with Gasteiger partial charge in [0, 0.05) is 5.56 Å². The molecule has 0 spiro atoms.